The number of benzene rings is 1. The van der Waals surface area contributed by atoms with Gasteiger partial charge in [-0.25, -0.2) is 0 Å². The molecule has 1 aromatic carbocycles. The van der Waals surface area contributed by atoms with Crippen molar-refractivity contribution in [3.63, 3.8) is 0 Å². The second-order valence-electron chi connectivity index (χ2n) is 4.00. The Morgan fingerprint density at radius 1 is 1.24 bits per heavy atom. The van der Waals surface area contributed by atoms with E-state index < -0.39 is 0 Å². The number of aryl methyl sites for hydroxylation is 1. The molecule has 0 amide bonds. The molecule has 1 heterocycles. The van der Waals surface area contributed by atoms with Crippen molar-refractivity contribution in [3.8, 4) is 5.69 Å². The average Bonchev–Trinajstić information content (AvgIpc) is 2.80. The summed E-state index contributed by atoms with van der Waals surface area (Å²) in [7, 11) is 0. The van der Waals surface area contributed by atoms with Crippen molar-refractivity contribution in [3.05, 3.63) is 36.0 Å². The Kier molecular flexibility index (Phi) is 3.42. The van der Waals surface area contributed by atoms with E-state index in [0.29, 0.717) is 0 Å². The number of hydrogen-bond donors (Lipinski definition) is 0. The summed E-state index contributed by atoms with van der Waals surface area (Å²) in [6, 6.07) is 8.18. The van der Waals surface area contributed by atoms with Crippen LogP contribution in [0.4, 0.5) is 5.82 Å². The predicted octanol–water partition coefficient (Wildman–Crippen LogP) is 2.42. The fourth-order valence-corrected chi connectivity index (χ4v) is 1.82. The molecule has 0 bridgehead atoms. The molecule has 0 radical (unpaired) electrons. The molecule has 1 aromatic heterocycles. The van der Waals surface area contributed by atoms with Gasteiger partial charge in [-0.3, -0.25) is 0 Å². The van der Waals surface area contributed by atoms with E-state index in [9.17, 15) is 0 Å². The van der Waals surface area contributed by atoms with Gasteiger partial charge in [0.2, 0.25) is 0 Å². The first-order chi connectivity index (χ1) is 8.24. The second-order valence-corrected chi connectivity index (χ2v) is 4.00. The maximum atomic E-state index is 4.50. The number of nitrogens with zero attached hydrogens (tertiary/aromatic N) is 4. The molecular weight excluding hydrogens is 212 g/mol. The molecule has 0 unspecified atom stereocenters. The number of hydrogen-bond acceptors (Lipinski definition) is 3. The Hall–Kier alpha value is -1.84. The van der Waals surface area contributed by atoms with Crippen molar-refractivity contribution in [2.24, 2.45) is 0 Å². The van der Waals surface area contributed by atoms with Gasteiger partial charge in [-0.15, -0.1) is 9.90 Å². The summed E-state index contributed by atoms with van der Waals surface area (Å²) >= 11 is 0. The number of aromatic nitrogens is 3. The van der Waals surface area contributed by atoms with Crippen LogP contribution in [0.15, 0.2) is 30.5 Å². The first-order valence-corrected chi connectivity index (χ1v) is 5.99. The van der Waals surface area contributed by atoms with E-state index in [-0.39, 0.29) is 0 Å². The summed E-state index contributed by atoms with van der Waals surface area (Å²) in [5.74, 6) is 0.927. The third-order valence-electron chi connectivity index (χ3n) is 2.80. The maximum Gasteiger partial charge on any atom is 0.171 e. The molecule has 2 rings (SSSR count). The van der Waals surface area contributed by atoms with Crippen LogP contribution in [-0.2, 0) is 0 Å². The molecule has 0 N–H and O–H groups in total. The minimum atomic E-state index is 0.927. The average molecular weight is 230 g/mol. The Morgan fingerprint density at radius 2 is 2.00 bits per heavy atom. The summed E-state index contributed by atoms with van der Waals surface area (Å²) in [5, 5.41) is 8.80. The monoisotopic (exact) mass is 230 g/mol. The van der Waals surface area contributed by atoms with Crippen LogP contribution in [0.25, 0.3) is 5.69 Å². The lowest BCUT2D eigenvalue weighted by molar-refractivity contribution is 0.738. The van der Waals surface area contributed by atoms with Crippen LogP contribution in [0.1, 0.15) is 19.4 Å². The second kappa shape index (κ2) is 4.99. The van der Waals surface area contributed by atoms with Crippen molar-refractivity contribution in [1.29, 1.82) is 0 Å². The first-order valence-electron chi connectivity index (χ1n) is 5.99. The zero-order valence-corrected chi connectivity index (χ0v) is 10.6. The zero-order chi connectivity index (χ0) is 12.3. The first kappa shape index (κ1) is 11.6. The highest BCUT2D eigenvalue weighted by Gasteiger charge is 2.07. The van der Waals surface area contributed by atoms with Crippen molar-refractivity contribution in [2.75, 3.05) is 18.0 Å². The minimum Gasteiger partial charge on any atom is -0.354 e. The summed E-state index contributed by atoms with van der Waals surface area (Å²) < 4.78 is 0. The van der Waals surface area contributed by atoms with Gasteiger partial charge in [-0.05, 0) is 38.5 Å². The number of anilines is 1. The molecule has 90 valence electrons. The summed E-state index contributed by atoms with van der Waals surface area (Å²) in [6.07, 6.45) is 1.81. The quantitative estimate of drug-likeness (QED) is 0.809. The molecule has 0 saturated carbocycles. The van der Waals surface area contributed by atoms with Crippen LogP contribution in [0, 0.1) is 6.92 Å². The molecule has 0 fully saturated rings. The van der Waals surface area contributed by atoms with Crippen LogP contribution in [-0.4, -0.2) is 28.1 Å². The van der Waals surface area contributed by atoms with Gasteiger partial charge in [-0.2, -0.15) is 5.10 Å². The lowest BCUT2D eigenvalue weighted by Gasteiger charge is -2.16. The highest BCUT2D eigenvalue weighted by atomic mass is 15.5. The molecule has 0 spiro atoms. The topological polar surface area (TPSA) is 34.0 Å². The molecule has 17 heavy (non-hydrogen) atoms. The SMILES string of the molecule is CCN(CC)c1cnn(-c2cccc(C)c2)n1. The van der Waals surface area contributed by atoms with Crippen molar-refractivity contribution in [1.82, 2.24) is 15.0 Å². The lowest BCUT2D eigenvalue weighted by Crippen LogP contribution is -2.22. The molecule has 4 nitrogen and oxygen atoms in total. The Bertz CT molecular complexity index is 486. The molecule has 0 aliphatic carbocycles. The van der Waals surface area contributed by atoms with E-state index in [1.807, 2.05) is 18.3 Å². The van der Waals surface area contributed by atoms with E-state index in [1.165, 1.54) is 5.56 Å². The van der Waals surface area contributed by atoms with E-state index in [2.05, 4.69) is 48.0 Å². The van der Waals surface area contributed by atoms with Crippen molar-refractivity contribution in [2.45, 2.75) is 20.8 Å². The normalized spacial score (nSPS) is 10.5. The molecule has 0 atom stereocenters. The Balaban J connectivity index is 2.29. The predicted molar refractivity (Wildman–Crippen MR) is 69.7 cm³/mol. The van der Waals surface area contributed by atoms with E-state index >= 15 is 0 Å². The van der Waals surface area contributed by atoms with Crippen LogP contribution in [0.5, 0.6) is 0 Å². The zero-order valence-electron chi connectivity index (χ0n) is 10.6. The molecule has 0 saturated heterocycles. The molecule has 0 aliphatic rings. The van der Waals surface area contributed by atoms with Crippen molar-refractivity contribution >= 4 is 5.82 Å². The van der Waals surface area contributed by atoms with Gasteiger partial charge >= 0.3 is 0 Å². The Labute approximate surface area is 102 Å². The maximum absolute atomic E-state index is 4.50. The van der Waals surface area contributed by atoms with Gasteiger partial charge in [-0.1, -0.05) is 12.1 Å². The summed E-state index contributed by atoms with van der Waals surface area (Å²) in [4.78, 5) is 3.86. The number of rotatable bonds is 4. The van der Waals surface area contributed by atoms with Gasteiger partial charge < -0.3 is 4.90 Å². The van der Waals surface area contributed by atoms with Gasteiger partial charge in [0.1, 0.15) is 0 Å². The highest BCUT2D eigenvalue weighted by Crippen LogP contribution is 2.12. The summed E-state index contributed by atoms with van der Waals surface area (Å²) in [5.41, 5.74) is 2.22. The van der Waals surface area contributed by atoms with Gasteiger partial charge in [0.25, 0.3) is 0 Å². The smallest absolute Gasteiger partial charge is 0.171 e. The van der Waals surface area contributed by atoms with Crippen LogP contribution >= 0.6 is 0 Å². The fraction of sp³-hybridized carbons (Fsp3) is 0.385. The molecule has 2 aromatic rings. The molecule has 0 aliphatic heterocycles. The van der Waals surface area contributed by atoms with Crippen LogP contribution in [0.2, 0.25) is 0 Å². The third kappa shape index (κ3) is 2.46. The van der Waals surface area contributed by atoms with Gasteiger partial charge in [0, 0.05) is 13.1 Å². The minimum absolute atomic E-state index is 0.927. The summed E-state index contributed by atoms with van der Waals surface area (Å²) in [6.45, 7) is 8.20. The largest absolute Gasteiger partial charge is 0.354 e. The van der Waals surface area contributed by atoms with E-state index in [4.69, 9.17) is 0 Å². The fourth-order valence-electron chi connectivity index (χ4n) is 1.82. The van der Waals surface area contributed by atoms with Crippen LogP contribution < -0.4 is 4.90 Å². The Morgan fingerprint density at radius 3 is 2.65 bits per heavy atom. The van der Waals surface area contributed by atoms with E-state index in [1.54, 1.807) is 4.80 Å². The van der Waals surface area contributed by atoms with Gasteiger partial charge in [0.15, 0.2) is 5.82 Å². The van der Waals surface area contributed by atoms with E-state index in [0.717, 1.165) is 24.6 Å². The lowest BCUT2D eigenvalue weighted by atomic mass is 10.2. The third-order valence-corrected chi connectivity index (χ3v) is 2.80. The highest BCUT2D eigenvalue weighted by molar-refractivity contribution is 5.38. The van der Waals surface area contributed by atoms with Gasteiger partial charge in [0.05, 0.1) is 11.9 Å². The van der Waals surface area contributed by atoms with Crippen LogP contribution in [0.3, 0.4) is 0 Å². The molecular formula is C13H18N4. The van der Waals surface area contributed by atoms with Crippen molar-refractivity contribution < 1.29 is 0 Å². The molecule has 4 heteroatoms. The standard InChI is InChI=1S/C13H18N4/c1-4-16(5-2)13-10-14-17(15-13)12-8-6-7-11(3)9-12/h6-10H,4-5H2,1-3H3.